The van der Waals surface area contributed by atoms with E-state index in [1.807, 2.05) is 24.3 Å². The number of hydrogen-bond acceptors (Lipinski definition) is 3. The van der Waals surface area contributed by atoms with E-state index in [1.165, 1.54) is 6.07 Å². The molecule has 0 saturated heterocycles. The van der Waals surface area contributed by atoms with E-state index >= 15 is 0 Å². The van der Waals surface area contributed by atoms with E-state index in [1.54, 1.807) is 19.2 Å². The van der Waals surface area contributed by atoms with Gasteiger partial charge in [-0.15, -0.1) is 0 Å². The highest BCUT2D eigenvalue weighted by atomic mass is 35.5. The highest BCUT2D eigenvalue weighted by Crippen LogP contribution is 2.21. The molecule has 0 saturated carbocycles. The number of hydrogen-bond donors (Lipinski definition) is 1. The lowest BCUT2D eigenvalue weighted by molar-refractivity contribution is 0.146. The first-order valence-electron chi connectivity index (χ1n) is 6.59. The highest BCUT2D eigenvalue weighted by molar-refractivity contribution is 6.31. The molecule has 21 heavy (non-hydrogen) atoms. The summed E-state index contributed by atoms with van der Waals surface area (Å²) in [6, 6.07) is 12.1. The van der Waals surface area contributed by atoms with Gasteiger partial charge < -0.3 is 14.8 Å². The van der Waals surface area contributed by atoms with Crippen molar-refractivity contribution in [2.75, 3.05) is 25.6 Å². The van der Waals surface area contributed by atoms with Crippen molar-refractivity contribution in [2.45, 2.75) is 6.54 Å². The van der Waals surface area contributed by atoms with Gasteiger partial charge in [-0.3, -0.25) is 0 Å². The molecular formula is C16H17ClFNO2. The second kappa shape index (κ2) is 7.86. The summed E-state index contributed by atoms with van der Waals surface area (Å²) in [5.41, 5.74) is 1.33. The third-order valence-electron chi connectivity index (χ3n) is 2.94. The Morgan fingerprint density at radius 3 is 2.52 bits per heavy atom. The molecule has 0 aliphatic heterocycles. The van der Waals surface area contributed by atoms with E-state index in [0.29, 0.717) is 30.3 Å². The summed E-state index contributed by atoms with van der Waals surface area (Å²) in [4.78, 5) is 0. The smallest absolute Gasteiger partial charge is 0.129 e. The van der Waals surface area contributed by atoms with Crippen LogP contribution < -0.4 is 10.1 Å². The molecule has 0 heterocycles. The minimum absolute atomic E-state index is 0.311. The maximum atomic E-state index is 13.6. The molecule has 0 aromatic heterocycles. The summed E-state index contributed by atoms with van der Waals surface area (Å²) < 4.78 is 24.0. The highest BCUT2D eigenvalue weighted by Gasteiger charge is 2.06. The summed E-state index contributed by atoms with van der Waals surface area (Å²) in [6.45, 7) is 1.38. The van der Waals surface area contributed by atoms with Crippen LogP contribution in [0.3, 0.4) is 0 Å². The normalized spacial score (nSPS) is 10.4. The van der Waals surface area contributed by atoms with E-state index in [-0.39, 0.29) is 5.82 Å². The predicted octanol–water partition coefficient (Wildman–Crippen LogP) is 4.12. The van der Waals surface area contributed by atoms with Gasteiger partial charge in [0.2, 0.25) is 0 Å². The number of anilines is 1. The van der Waals surface area contributed by atoms with Crippen LogP contribution in [0, 0.1) is 5.82 Å². The molecule has 0 amide bonds. The van der Waals surface area contributed by atoms with E-state index in [0.717, 1.165) is 11.4 Å². The fourth-order valence-electron chi connectivity index (χ4n) is 1.80. The topological polar surface area (TPSA) is 30.5 Å². The van der Waals surface area contributed by atoms with Crippen LogP contribution >= 0.6 is 11.6 Å². The Balaban J connectivity index is 1.92. The minimum atomic E-state index is -0.311. The maximum absolute atomic E-state index is 13.6. The molecule has 0 atom stereocenters. The molecule has 2 aromatic carbocycles. The SMILES string of the molecule is COCCOc1ccc(NCc2c(F)cccc2Cl)cc1. The van der Waals surface area contributed by atoms with Crippen molar-refractivity contribution in [1.82, 2.24) is 0 Å². The Hall–Kier alpha value is -1.78. The third kappa shape index (κ3) is 4.62. The van der Waals surface area contributed by atoms with Crippen molar-refractivity contribution in [2.24, 2.45) is 0 Å². The molecule has 0 fully saturated rings. The zero-order chi connectivity index (χ0) is 15.1. The van der Waals surface area contributed by atoms with Gasteiger partial charge >= 0.3 is 0 Å². The van der Waals surface area contributed by atoms with Crippen molar-refractivity contribution >= 4 is 17.3 Å². The number of ether oxygens (including phenoxy) is 2. The number of nitrogens with one attached hydrogen (secondary N) is 1. The Bertz CT molecular complexity index is 555. The number of benzene rings is 2. The van der Waals surface area contributed by atoms with Gasteiger partial charge in [0, 0.05) is 29.9 Å². The minimum Gasteiger partial charge on any atom is -0.491 e. The maximum Gasteiger partial charge on any atom is 0.129 e. The first kappa shape index (κ1) is 15.6. The van der Waals surface area contributed by atoms with Crippen LogP contribution in [0.25, 0.3) is 0 Å². The van der Waals surface area contributed by atoms with Gasteiger partial charge in [0.15, 0.2) is 0 Å². The lowest BCUT2D eigenvalue weighted by atomic mass is 10.2. The van der Waals surface area contributed by atoms with E-state index in [4.69, 9.17) is 21.1 Å². The van der Waals surface area contributed by atoms with E-state index < -0.39 is 0 Å². The molecule has 0 radical (unpaired) electrons. The summed E-state index contributed by atoms with van der Waals surface area (Å²) in [7, 11) is 1.63. The van der Waals surface area contributed by atoms with Crippen molar-refractivity contribution < 1.29 is 13.9 Å². The van der Waals surface area contributed by atoms with Crippen LogP contribution in [-0.4, -0.2) is 20.3 Å². The molecule has 0 aliphatic rings. The average molecular weight is 310 g/mol. The Morgan fingerprint density at radius 2 is 1.86 bits per heavy atom. The van der Waals surface area contributed by atoms with Crippen LogP contribution in [-0.2, 0) is 11.3 Å². The fourth-order valence-corrected chi connectivity index (χ4v) is 2.03. The summed E-state index contributed by atoms with van der Waals surface area (Å²) >= 11 is 5.98. The molecule has 0 spiro atoms. The van der Waals surface area contributed by atoms with Gasteiger partial charge in [-0.05, 0) is 36.4 Å². The van der Waals surface area contributed by atoms with Crippen LogP contribution in [0.4, 0.5) is 10.1 Å². The molecule has 5 heteroatoms. The summed E-state index contributed by atoms with van der Waals surface area (Å²) in [5.74, 6) is 0.455. The van der Waals surface area contributed by atoms with Crippen LogP contribution in [0.5, 0.6) is 5.75 Å². The average Bonchev–Trinajstić information content (AvgIpc) is 2.48. The zero-order valence-corrected chi connectivity index (χ0v) is 12.5. The van der Waals surface area contributed by atoms with Gasteiger partial charge in [-0.25, -0.2) is 4.39 Å². The molecule has 3 nitrogen and oxygen atoms in total. The van der Waals surface area contributed by atoms with Crippen LogP contribution in [0.2, 0.25) is 5.02 Å². The number of rotatable bonds is 7. The van der Waals surface area contributed by atoms with E-state index in [9.17, 15) is 4.39 Å². The monoisotopic (exact) mass is 309 g/mol. The van der Waals surface area contributed by atoms with Gasteiger partial charge in [-0.2, -0.15) is 0 Å². The first-order valence-corrected chi connectivity index (χ1v) is 6.97. The molecule has 2 rings (SSSR count). The van der Waals surface area contributed by atoms with Crippen molar-refractivity contribution in [1.29, 1.82) is 0 Å². The largest absolute Gasteiger partial charge is 0.491 e. The number of halogens is 2. The van der Waals surface area contributed by atoms with Crippen LogP contribution in [0.1, 0.15) is 5.56 Å². The second-order valence-electron chi connectivity index (χ2n) is 4.42. The Morgan fingerprint density at radius 1 is 1.10 bits per heavy atom. The summed E-state index contributed by atoms with van der Waals surface area (Å²) in [5, 5.41) is 3.55. The first-order chi connectivity index (χ1) is 10.2. The van der Waals surface area contributed by atoms with Gasteiger partial charge in [0.05, 0.1) is 6.61 Å². The lowest BCUT2D eigenvalue weighted by Gasteiger charge is -2.10. The molecule has 0 aliphatic carbocycles. The van der Waals surface area contributed by atoms with Crippen molar-refractivity contribution in [3.63, 3.8) is 0 Å². The summed E-state index contributed by atoms with van der Waals surface area (Å²) in [6.07, 6.45) is 0. The van der Waals surface area contributed by atoms with E-state index in [2.05, 4.69) is 5.32 Å². The van der Waals surface area contributed by atoms with Gasteiger partial charge in [0.1, 0.15) is 18.2 Å². The lowest BCUT2D eigenvalue weighted by Crippen LogP contribution is -2.05. The molecule has 2 aromatic rings. The van der Waals surface area contributed by atoms with Crippen molar-refractivity contribution in [3.8, 4) is 5.75 Å². The van der Waals surface area contributed by atoms with Crippen LogP contribution in [0.15, 0.2) is 42.5 Å². The molecular weight excluding hydrogens is 293 g/mol. The number of methoxy groups -OCH3 is 1. The van der Waals surface area contributed by atoms with Gasteiger partial charge in [-0.1, -0.05) is 17.7 Å². The predicted molar refractivity (Wildman–Crippen MR) is 82.5 cm³/mol. The quantitative estimate of drug-likeness (QED) is 0.781. The molecule has 112 valence electrons. The van der Waals surface area contributed by atoms with Crippen molar-refractivity contribution in [3.05, 3.63) is 58.9 Å². The molecule has 1 N–H and O–H groups in total. The van der Waals surface area contributed by atoms with Gasteiger partial charge in [0.25, 0.3) is 0 Å². The molecule has 0 unspecified atom stereocenters. The third-order valence-corrected chi connectivity index (χ3v) is 3.30. The Kier molecular flexibility index (Phi) is 5.84. The second-order valence-corrected chi connectivity index (χ2v) is 4.83. The Labute approximate surface area is 128 Å². The molecule has 0 bridgehead atoms. The fraction of sp³-hybridized carbons (Fsp3) is 0.250. The zero-order valence-electron chi connectivity index (χ0n) is 11.7. The standard InChI is InChI=1S/C16H17ClFNO2/c1-20-9-10-21-13-7-5-12(6-8-13)19-11-14-15(17)3-2-4-16(14)18/h2-8,19H,9-11H2,1H3.